The average Bonchev–Trinajstić information content (AvgIpc) is 2.97. The summed E-state index contributed by atoms with van der Waals surface area (Å²) in [5.41, 5.74) is 0.272. The number of sulfonamides is 1. The molecule has 6 nitrogen and oxygen atoms in total. The molecule has 2 heterocycles. The molecule has 26 heavy (non-hydrogen) atoms. The number of amides is 1. The van der Waals surface area contributed by atoms with Gasteiger partial charge >= 0.3 is 0 Å². The molecule has 0 radical (unpaired) electrons. The third kappa shape index (κ3) is 3.94. The van der Waals surface area contributed by atoms with Crippen LogP contribution in [0.15, 0.2) is 29.2 Å². The van der Waals surface area contributed by atoms with Crippen molar-refractivity contribution in [2.24, 2.45) is 0 Å². The van der Waals surface area contributed by atoms with E-state index in [0.717, 1.165) is 32.1 Å². The van der Waals surface area contributed by atoms with Gasteiger partial charge in [0.05, 0.1) is 10.5 Å². The highest BCUT2D eigenvalue weighted by atomic mass is 32.2. The standard InChI is InChI=1S/C19H29N3O3S/c1-3-4-12-21(2)19(23)17-7-5-6-8-18(17)26(24,25)22-13-11-15-9-10-16(14-22)20-15/h5-8,15-16,20H,3-4,9-14H2,1-2H3. The molecular weight excluding hydrogens is 350 g/mol. The Morgan fingerprint density at radius 2 is 1.96 bits per heavy atom. The summed E-state index contributed by atoms with van der Waals surface area (Å²) in [5, 5.41) is 3.50. The van der Waals surface area contributed by atoms with E-state index in [1.54, 1.807) is 40.5 Å². The lowest BCUT2D eigenvalue weighted by molar-refractivity contribution is 0.0789. The minimum Gasteiger partial charge on any atom is -0.342 e. The van der Waals surface area contributed by atoms with Crippen LogP contribution in [0.25, 0.3) is 0 Å². The molecule has 144 valence electrons. The molecule has 0 spiro atoms. The third-order valence-electron chi connectivity index (χ3n) is 5.42. The van der Waals surface area contributed by atoms with Gasteiger partial charge < -0.3 is 10.2 Å². The lowest BCUT2D eigenvalue weighted by Crippen LogP contribution is -2.40. The van der Waals surface area contributed by atoms with E-state index in [4.69, 9.17) is 0 Å². The second-order valence-corrected chi connectivity index (χ2v) is 9.27. The number of carbonyl (C=O) groups excluding carboxylic acids is 1. The number of nitrogens with zero attached hydrogens (tertiary/aromatic N) is 2. The summed E-state index contributed by atoms with van der Waals surface area (Å²) in [6.45, 7) is 3.68. The first kappa shape index (κ1) is 19.3. The van der Waals surface area contributed by atoms with E-state index < -0.39 is 10.0 Å². The van der Waals surface area contributed by atoms with Crippen LogP contribution in [-0.2, 0) is 10.0 Å². The van der Waals surface area contributed by atoms with Gasteiger partial charge in [-0.3, -0.25) is 4.79 Å². The number of hydrogen-bond donors (Lipinski definition) is 1. The average molecular weight is 380 g/mol. The van der Waals surface area contributed by atoms with Crippen LogP contribution < -0.4 is 5.32 Å². The molecule has 2 fully saturated rings. The van der Waals surface area contributed by atoms with E-state index >= 15 is 0 Å². The number of rotatable bonds is 6. The molecule has 2 aliphatic rings. The van der Waals surface area contributed by atoms with Gasteiger partial charge in [0, 0.05) is 38.8 Å². The maximum Gasteiger partial charge on any atom is 0.254 e. The van der Waals surface area contributed by atoms with Gasteiger partial charge in [-0.2, -0.15) is 4.31 Å². The van der Waals surface area contributed by atoms with Crippen molar-refractivity contribution in [1.82, 2.24) is 14.5 Å². The Kier molecular flexibility index (Phi) is 5.99. The fourth-order valence-corrected chi connectivity index (χ4v) is 5.52. The van der Waals surface area contributed by atoms with E-state index in [9.17, 15) is 13.2 Å². The smallest absolute Gasteiger partial charge is 0.254 e. The first-order valence-corrected chi connectivity index (χ1v) is 11.0. The van der Waals surface area contributed by atoms with Gasteiger partial charge in [0.1, 0.15) is 0 Å². The van der Waals surface area contributed by atoms with Crippen molar-refractivity contribution < 1.29 is 13.2 Å². The molecule has 1 aromatic carbocycles. The Labute approximate surface area is 156 Å². The van der Waals surface area contributed by atoms with Crippen LogP contribution in [0.3, 0.4) is 0 Å². The fourth-order valence-electron chi connectivity index (χ4n) is 3.84. The molecule has 1 aromatic rings. The zero-order chi connectivity index (χ0) is 18.7. The molecule has 2 atom stereocenters. The largest absolute Gasteiger partial charge is 0.342 e. The van der Waals surface area contributed by atoms with Crippen molar-refractivity contribution in [2.45, 2.75) is 56.0 Å². The summed E-state index contributed by atoms with van der Waals surface area (Å²) < 4.78 is 28.2. The fraction of sp³-hybridized carbons (Fsp3) is 0.632. The van der Waals surface area contributed by atoms with Crippen LogP contribution in [0.5, 0.6) is 0 Å². The van der Waals surface area contributed by atoms with Crippen molar-refractivity contribution in [3.8, 4) is 0 Å². The summed E-state index contributed by atoms with van der Waals surface area (Å²) in [4.78, 5) is 14.6. The zero-order valence-corrected chi connectivity index (χ0v) is 16.5. The second-order valence-electron chi connectivity index (χ2n) is 7.37. The Morgan fingerprint density at radius 3 is 2.73 bits per heavy atom. The topological polar surface area (TPSA) is 69.7 Å². The first-order valence-electron chi connectivity index (χ1n) is 9.54. The summed E-state index contributed by atoms with van der Waals surface area (Å²) in [6.07, 6.45) is 4.84. The van der Waals surface area contributed by atoms with Crippen molar-refractivity contribution in [1.29, 1.82) is 0 Å². The number of carbonyl (C=O) groups is 1. The normalized spacial score (nSPS) is 23.6. The summed E-state index contributed by atoms with van der Waals surface area (Å²) in [7, 11) is -1.96. The van der Waals surface area contributed by atoms with E-state index in [-0.39, 0.29) is 22.4 Å². The Hall–Kier alpha value is -1.44. The minimum atomic E-state index is -3.69. The summed E-state index contributed by atoms with van der Waals surface area (Å²) in [6, 6.07) is 7.24. The Bertz CT molecular complexity index is 750. The SMILES string of the molecule is CCCCN(C)C(=O)c1ccccc1S(=O)(=O)N1CCC2CCC(C1)N2. The lowest BCUT2D eigenvalue weighted by Gasteiger charge is -2.25. The quantitative estimate of drug-likeness (QED) is 0.822. The van der Waals surface area contributed by atoms with Crippen LogP contribution >= 0.6 is 0 Å². The summed E-state index contributed by atoms with van der Waals surface area (Å²) in [5.74, 6) is -0.230. The second kappa shape index (κ2) is 8.06. The van der Waals surface area contributed by atoms with Gasteiger partial charge in [-0.1, -0.05) is 25.5 Å². The molecule has 1 N–H and O–H groups in total. The maximum absolute atomic E-state index is 13.3. The van der Waals surface area contributed by atoms with Gasteiger partial charge in [-0.15, -0.1) is 0 Å². The molecule has 1 amide bonds. The van der Waals surface area contributed by atoms with Crippen LogP contribution in [0.1, 0.15) is 49.4 Å². The molecule has 0 saturated carbocycles. The summed E-state index contributed by atoms with van der Waals surface area (Å²) >= 11 is 0. The first-order chi connectivity index (χ1) is 12.4. The Morgan fingerprint density at radius 1 is 1.23 bits per heavy atom. The molecule has 2 bridgehead atoms. The van der Waals surface area contributed by atoms with Crippen molar-refractivity contribution in [3.63, 3.8) is 0 Å². The molecule has 0 aliphatic carbocycles. The predicted octanol–water partition coefficient (Wildman–Crippen LogP) is 2.07. The van der Waals surface area contributed by atoms with Crippen LogP contribution in [0.4, 0.5) is 0 Å². The molecular formula is C19H29N3O3S. The molecule has 2 saturated heterocycles. The van der Waals surface area contributed by atoms with Crippen molar-refractivity contribution in [2.75, 3.05) is 26.7 Å². The predicted molar refractivity (Wildman–Crippen MR) is 102 cm³/mol. The number of benzene rings is 1. The van der Waals surface area contributed by atoms with Crippen LogP contribution in [0.2, 0.25) is 0 Å². The van der Waals surface area contributed by atoms with Gasteiger partial charge in [0.2, 0.25) is 10.0 Å². The van der Waals surface area contributed by atoms with E-state index in [1.807, 2.05) is 0 Å². The highest BCUT2D eigenvalue weighted by Gasteiger charge is 2.36. The number of hydrogen-bond acceptors (Lipinski definition) is 4. The number of unbranched alkanes of at least 4 members (excludes halogenated alkanes) is 1. The van der Waals surface area contributed by atoms with Gasteiger partial charge in [0.25, 0.3) is 5.91 Å². The molecule has 2 unspecified atom stereocenters. The van der Waals surface area contributed by atoms with E-state index in [1.165, 1.54) is 0 Å². The van der Waals surface area contributed by atoms with Crippen molar-refractivity contribution in [3.05, 3.63) is 29.8 Å². The minimum absolute atomic E-state index is 0.131. The van der Waals surface area contributed by atoms with Crippen LogP contribution in [-0.4, -0.2) is 62.3 Å². The Balaban J connectivity index is 1.87. The highest BCUT2D eigenvalue weighted by Crippen LogP contribution is 2.27. The highest BCUT2D eigenvalue weighted by molar-refractivity contribution is 7.89. The zero-order valence-electron chi connectivity index (χ0n) is 15.6. The van der Waals surface area contributed by atoms with Gasteiger partial charge in [0.15, 0.2) is 0 Å². The third-order valence-corrected chi connectivity index (χ3v) is 7.34. The number of fused-ring (bicyclic) bond motifs is 2. The molecule has 2 aliphatic heterocycles. The van der Waals surface area contributed by atoms with Gasteiger partial charge in [-0.25, -0.2) is 8.42 Å². The molecule has 3 rings (SSSR count). The van der Waals surface area contributed by atoms with Crippen molar-refractivity contribution >= 4 is 15.9 Å². The van der Waals surface area contributed by atoms with E-state index in [0.29, 0.717) is 25.7 Å². The van der Waals surface area contributed by atoms with E-state index in [2.05, 4.69) is 12.2 Å². The maximum atomic E-state index is 13.3. The molecule has 0 aromatic heterocycles. The van der Waals surface area contributed by atoms with Gasteiger partial charge in [-0.05, 0) is 37.8 Å². The monoisotopic (exact) mass is 379 g/mol. The van der Waals surface area contributed by atoms with Crippen LogP contribution in [0, 0.1) is 0 Å². The number of nitrogens with one attached hydrogen (secondary N) is 1. The lowest BCUT2D eigenvalue weighted by atomic mass is 10.1. The molecule has 7 heteroatoms.